The van der Waals surface area contributed by atoms with Crippen LogP contribution in [0.5, 0.6) is 0 Å². The summed E-state index contributed by atoms with van der Waals surface area (Å²) in [4.78, 5) is 27.3. The number of fused-ring (bicyclic) bond motifs is 1. The number of furan rings is 1. The predicted octanol–water partition coefficient (Wildman–Crippen LogP) is 0.668. The lowest BCUT2D eigenvalue weighted by Gasteiger charge is -2.32. The summed E-state index contributed by atoms with van der Waals surface area (Å²) in [6, 6.07) is 10.8. The van der Waals surface area contributed by atoms with Crippen LogP contribution in [0.2, 0.25) is 0 Å². The molecule has 1 aliphatic heterocycles. The maximum atomic E-state index is 12.9. The van der Waals surface area contributed by atoms with Crippen LogP contribution in [-0.2, 0) is 16.1 Å². The zero-order chi connectivity index (χ0) is 16.4. The third-order valence-electron chi connectivity index (χ3n) is 4.18. The first-order chi connectivity index (χ1) is 11.1. The summed E-state index contributed by atoms with van der Waals surface area (Å²) in [5, 5.41) is 2.79. The van der Waals surface area contributed by atoms with Crippen molar-refractivity contribution >= 4 is 23.2 Å². The van der Waals surface area contributed by atoms with Gasteiger partial charge in [-0.25, -0.2) is 0 Å². The normalized spacial score (nSPS) is 16.4. The van der Waals surface area contributed by atoms with Crippen LogP contribution >= 0.6 is 0 Å². The number of carbonyl (C=O) groups excluding carboxylic acids is 2. The number of hydrogen-bond acceptors (Lipinski definition) is 3. The summed E-state index contributed by atoms with van der Waals surface area (Å²) in [5.74, 6) is 0.586. The molecule has 0 saturated carbocycles. The molecule has 1 aromatic carbocycles. The van der Waals surface area contributed by atoms with Crippen molar-refractivity contribution in [2.45, 2.75) is 19.5 Å². The Balaban J connectivity index is 1.78. The van der Waals surface area contributed by atoms with E-state index in [9.17, 15) is 9.59 Å². The third-order valence-corrected chi connectivity index (χ3v) is 4.18. The van der Waals surface area contributed by atoms with Gasteiger partial charge in [-0.15, -0.1) is 0 Å². The zero-order valence-electron chi connectivity index (χ0n) is 13.2. The average molecular weight is 314 g/mol. The summed E-state index contributed by atoms with van der Waals surface area (Å²) in [5.41, 5.74) is 1.42. The highest BCUT2D eigenvalue weighted by atomic mass is 16.3. The lowest BCUT2D eigenvalue weighted by atomic mass is 10.1. The minimum absolute atomic E-state index is 0.0498. The molecule has 0 aliphatic carbocycles. The molecule has 0 bridgehead atoms. The highest BCUT2D eigenvalue weighted by Gasteiger charge is 2.33. The molecule has 120 valence electrons. The molecule has 1 aliphatic rings. The van der Waals surface area contributed by atoms with E-state index in [1.807, 2.05) is 44.3 Å². The van der Waals surface area contributed by atoms with Gasteiger partial charge in [0.15, 0.2) is 11.8 Å². The van der Waals surface area contributed by atoms with Gasteiger partial charge in [-0.2, -0.15) is 0 Å². The summed E-state index contributed by atoms with van der Waals surface area (Å²) in [7, 11) is 1.95. The Hall–Kier alpha value is -2.60. The minimum atomic E-state index is -0.293. The number of nitrogens with zero attached hydrogens (tertiary/aromatic N) is 1. The van der Waals surface area contributed by atoms with Crippen molar-refractivity contribution < 1.29 is 18.9 Å². The topological polar surface area (TPSA) is 67.0 Å². The van der Waals surface area contributed by atoms with Crippen molar-refractivity contribution in [2.75, 3.05) is 23.8 Å². The van der Waals surface area contributed by atoms with Gasteiger partial charge in [0.25, 0.3) is 5.91 Å². The number of carbonyl (C=O) groups is 2. The van der Waals surface area contributed by atoms with Crippen LogP contribution in [0.15, 0.2) is 47.1 Å². The molecule has 0 spiro atoms. The molecule has 1 unspecified atom stereocenters. The molecule has 1 aromatic heterocycles. The first kappa shape index (κ1) is 15.3. The summed E-state index contributed by atoms with van der Waals surface area (Å²) in [6.07, 6.45) is 1.63. The van der Waals surface area contributed by atoms with E-state index in [4.69, 9.17) is 4.42 Å². The molecule has 0 fully saturated rings. The number of quaternary nitrogens is 1. The SMILES string of the molecule is C[C@H](C(=O)N1CC(=O)Nc2ccccc21)[NH+](C)Cc1ccco1. The molecule has 2 atom stereocenters. The number of benzene rings is 1. The standard InChI is InChI=1S/C17H19N3O3/c1-12(19(2)10-13-6-5-9-23-13)17(22)20-11-16(21)18-14-7-3-4-8-15(14)20/h3-9,12H,10-11H2,1-2H3,(H,18,21)/p+1/t12-/m1/s1. The number of hydrogen-bond donors (Lipinski definition) is 2. The Bertz CT molecular complexity index is 712. The van der Waals surface area contributed by atoms with Gasteiger partial charge in [0.05, 0.1) is 24.7 Å². The number of amides is 2. The fourth-order valence-corrected chi connectivity index (χ4v) is 2.72. The van der Waals surface area contributed by atoms with Crippen LogP contribution < -0.4 is 15.1 Å². The number of para-hydroxylation sites is 2. The second-order valence-corrected chi connectivity index (χ2v) is 5.81. The Morgan fingerprint density at radius 3 is 2.87 bits per heavy atom. The van der Waals surface area contributed by atoms with E-state index in [2.05, 4.69) is 5.32 Å². The Labute approximate surface area is 134 Å². The van der Waals surface area contributed by atoms with Crippen molar-refractivity contribution in [3.8, 4) is 0 Å². The molecule has 2 heterocycles. The maximum Gasteiger partial charge on any atom is 0.285 e. The lowest BCUT2D eigenvalue weighted by molar-refractivity contribution is -0.908. The van der Waals surface area contributed by atoms with Gasteiger partial charge in [0.2, 0.25) is 5.91 Å². The Morgan fingerprint density at radius 1 is 1.35 bits per heavy atom. The molecule has 0 saturated heterocycles. The molecule has 2 amide bonds. The van der Waals surface area contributed by atoms with E-state index in [0.717, 1.165) is 16.3 Å². The molecular formula is C17H20N3O3+. The fourth-order valence-electron chi connectivity index (χ4n) is 2.72. The average Bonchev–Trinajstić information content (AvgIpc) is 3.05. The van der Waals surface area contributed by atoms with E-state index >= 15 is 0 Å². The first-order valence-electron chi connectivity index (χ1n) is 7.61. The molecule has 3 rings (SSSR count). The van der Waals surface area contributed by atoms with Gasteiger partial charge in [-0.3, -0.25) is 14.5 Å². The summed E-state index contributed by atoms with van der Waals surface area (Å²) >= 11 is 0. The van der Waals surface area contributed by atoms with Gasteiger partial charge in [0.1, 0.15) is 13.1 Å². The number of likely N-dealkylation sites (N-methyl/N-ethyl adjacent to an activating group) is 1. The molecule has 6 nitrogen and oxygen atoms in total. The predicted molar refractivity (Wildman–Crippen MR) is 86.2 cm³/mol. The van der Waals surface area contributed by atoms with Gasteiger partial charge >= 0.3 is 0 Å². The quantitative estimate of drug-likeness (QED) is 0.871. The minimum Gasteiger partial charge on any atom is -0.463 e. The van der Waals surface area contributed by atoms with Crippen molar-refractivity contribution in [3.05, 3.63) is 48.4 Å². The lowest BCUT2D eigenvalue weighted by Crippen LogP contribution is -3.12. The van der Waals surface area contributed by atoms with E-state index < -0.39 is 0 Å². The van der Waals surface area contributed by atoms with Gasteiger partial charge in [-0.1, -0.05) is 12.1 Å². The van der Waals surface area contributed by atoms with Crippen LogP contribution in [0.25, 0.3) is 0 Å². The molecule has 2 N–H and O–H groups in total. The molecule has 23 heavy (non-hydrogen) atoms. The first-order valence-corrected chi connectivity index (χ1v) is 7.61. The third kappa shape index (κ3) is 3.12. The number of rotatable bonds is 4. The number of anilines is 2. The monoisotopic (exact) mass is 314 g/mol. The Morgan fingerprint density at radius 2 is 2.13 bits per heavy atom. The summed E-state index contributed by atoms with van der Waals surface area (Å²) in [6.45, 7) is 2.53. The van der Waals surface area contributed by atoms with E-state index in [1.165, 1.54) is 0 Å². The van der Waals surface area contributed by atoms with Crippen LogP contribution in [0.3, 0.4) is 0 Å². The highest BCUT2D eigenvalue weighted by Crippen LogP contribution is 2.29. The van der Waals surface area contributed by atoms with Crippen molar-refractivity contribution in [3.63, 3.8) is 0 Å². The second-order valence-electron chi connectivity index (χ2n) is 5.81. The molecule has 6 heteroatoms. The molecular weight excluding hydrogens is 294 g/mol. The largest absolute Gasteiger partial charge is 0.463 e. The fraction of sp³-hybridized carbons (Fsp3) is 0.294. The zero-order valence-corrected chi connectivity index (χ0v) is 13.2. The van der Waals surface area contributed by atoms with Gasteiger partial charge in [0, 0.05) is 0 Å². The van der Waals surface area contributed by atoms with Gasteiger partial charge in [-0.05, 0) is 31.2 Å². The van der Waals surface area contributed by atoms with Crippen molar-refractivity contribution in [1.82, 2.24) is 0 Å². The number of nitrogens with one attached hydrogen (secondary N) is 2. The van der Waals surface area contributed by atoms with Crippen LogP contribution in [0.4, 0.5) is 11.4 Å². The van der Waals surface area contributed by atoms with E-state index in [0.29, 0.717) is 12.2 Å². The van der Waals surface area contributed by atoms with E-state index in [1.54, 1.807) is 17.2 Å². The second kappa shape index (κ2) is 6.26. The summed E-state index contributed by atoms with van der Waals surface area (Å²) < 4.78 is 5.34. The van der Waals surface area contributed by atoms with Crippen LogP contribution in [0, 0.1) is 0 Å². The smallest absolute Gasteiger partial charge is 0.285 e. The molecule has 2 aromatic rings. The van der Waals surface area contributed by atoms with Crippen LogP contribution in [-0.4, -0.2) is 31.4 Å². The maximum absolute atomic E-state index is 12.9. The highest BCUT2D eigenvalue weighted by molar-refractivity contribution is 6.10. The Kier molecular flexibility index (Phi) is 4.16. The van der Waals surface area contributed by atoms with Crippen LogP contribution in [0.1, 0.15) is 12.7 Å². The van der Waals surface area contributed by atoms with Gasteiger partial charge < -0.3 is 14.6 Å². The van der Waals surface area contributed by atoms with E-state index in [-0.39, 0.29) is 24.4 Å². The van der Waals surface area contributed by atoms with Crippen molar-refractivity contribution in [1.29, 1.82) is 0 Å². The molecule has 0 radical (unpaired) electrons. The van der Waals surface area contributed by atoms with Crippen molar-refractivity contribution in [2.24, 2.45) is 0 Å².